The lowest BCUT2D eigenvalue weighted by Crippen LogP contribution is -2.14. The van der Waals surface area contributed by atoms with Crippen LogP contribution in [0, 0.1) is 33.5 Å². The van der Waals surface area contributed by atoms with Crippen LogP contribution in [0.3, 0.4) is 0 Å². The number of halogens is 2. The molecule has 9 heteroatoms. The molecule has 0 spiro atoms. The normalized spacial score (nSPS) is 11.2. The molecule has 4 rings (SSSR count). The highest BCUT2D eigenvalue weighted by Crippen LogP contribution is 2.23. The summed E-state index contributed by atoms with van der Waals surface area (Å²) >= 11 is 6.97. The van der Waals surface area contributed by atoms with Gasteiger partial charge in [0.05, 0.1) is 10.8 Å². The molecule has 0 bridgehead atoms. The Morgan fingerprint density at radius 1 is 1.12 bits per heavy atom. The van der Waals surface area contributed by atoms with E-state index in [1.165, 1.54) is 46.7 Å². The van der Waals surface area contributed by atoms with Gasteiger partial charge < -0.3 is 5.32 Å². The van der Waals surface area contributed by atoms with Gasteiger partial charge in [0, 0.05) is 23.5 Å². The quantitative estimate of drug-likeness (QED) is 0.368. The van der Waals surface area contributed by atoms with Crippen molar-refractivity contribution in [1.82, 2.24) is 19.6 Å². The summed E-state index contributed by atoms with van der Waals surface area (Å²) in [6.07, 6.45) is 0.763. The van der Waals surface area contributed by atoms with Gasteiger partial charge in [-0.15, -0.1) is 5.10 Å². The van der Waals surface area contributed by atoms with Crippen LogP contribution >= 0.6 is 23.4 Å². The summed E-state index contributed by atoms with van der Waals surface area (Å²) in [4.78, 5) is 21.4. The van der Waals surface area contributed by atoms with Crippen LogP contribution < -0.4 is 5.32 Å². The summed E-state index contributed by atoms with van der Waals surface area (Å²) in [5.74, 6) is -0.201. The van der Waals surface area contributed by atoms with Gasteiger partial charge in [-0.3, -0.25) is 4.79 Å². The monoisotopic (exact) mass is 483 g/mol. The number of aryl methyl sites for hydroxylation is 4. The number of carbonyl (C=O) groups excluding carboxylic acids is 1. The minimum atomic E-state index is -0.534. The largest absolute Gasteiger partial charge is 0.325 e. The van der Waals surface area contributed by atoms with E-state index in [1.54, 1.807) is 4.52 Å². The Morgan fingerprint density at radius 3 is 2.67 bits per heavy atom. The number of anilines is 1. The zero-order chi connectivity index (χ0) is 23.7. The average Bonchev–Trinajstić information content (AvgIpc) is 3.17. The van der Waals surface area contributed by atoms with E-state index in [2.05, 4.69) is 52.4 Å². The number of hydrogen-bond acceptors (Lipinski definition) is 5. The van der Waals surface area contributed by atoms with Gasteiger partial charge in [0.1, 0.15) is 5.82 Å². The maximum atomic E-state index is 13.3. The molecule has 0 radical (unpaired) electrons. The first-order chi connectivity index (χ1) is 15.7. The third-order valence-electron chi connectivity index (χ3n) is 5.44. The molecule has 1 N–H and O–H groups in total. The van der Waals surface area contributed by atoms with Crippen molar-refractivity contribution < 1.29 is 9.18 Å². The molecule has 2 aromatic carbocycles. The molecule has 0 fully saturated rings. The molecule has 6 nitrogen and oxygen atoms in total. The maximum absolute atomic E-state index is 13.3. The molecule has 2 heterocycles. The molecule has 0 saturated heterocycles. The summed E-state index contributed by atoms with van der Waals surface area (Å²) in [5.41, 5.74) is 7.15. The van der Waals surface area contributed by atoms with Crippen molar-refractivity contribution in [3.8, 4) is 0 Å². The van der Waals surface area contributed by atoms with Gasteiger partial charge in [-0.1, -0.05) is 47.1 Å². The van der Waals surface area contributed by atoms with E-state index in [4.69, 9.17) is 11.6 Å². The van der Waals surface area contributed by atoms with E-state index in [1.807, 2.05) is 13.8 Å². The van der Waals surface area contributed by atoms with Gasteiger partial charge in [-0.2, -0.15) is 4.98 Å². The zero-order valence-corrected chi connectivity index (χ0v) is 20.3. The molecule has 2 aromatic heterocycles. The van der Waals surface area contributed by atoms with Gasteiger partial charge in [0.25, 0.3) is 5.78 Å². The number of amides is 1. The van der Waals surface area contributed by atoms with E-state index in [9.17, 15) is 9.18 Å². The standard InChI is InChI=1S/C24H23ClFN5OS/c1-13-5-6-14(2)17(9-13)10-19-15(3)27-23-29-24(30-31(23)16(19)4)33-12-22(32)28-18-7-8-21(26)20(25)11-18/h5-9,11H,10,12H2,1-4H3,(H,28,32). The number of aromatic nitrogens is 4. The lowest BCUT2D eigenvalue weighted by Gasteiger charge is -2.12. The fraction of sp³-hybridized carbons (Fsp3) is 0.250. The van der Waals surface area contributed by atoms with Gasteiger partial charge in [-0.05, 0) is 62.6 Å². The van der Waals surface area contributed by atoms with E-state index in [-0.39, 0.29) is 16.7 Å². The SMILES string of the molecule is Cc1ccc(C)c(Cc2c(C)nc3nc(SCC(=O)Nc4ccc(F)c(Cl)c4)nn3c2C)c1. The van der Waals surface area contributed by atoms with Crippen LogP contribution in [-0.4, -0.2) is 31.2 Å². The number of hydrogen-bond donors (Lipinski definition) is 1. The first kappa shape index (κ1) is 23.2. The second-order valence-corrected chi connectivity index (χ2v) is 9.29. The molecule has 0 aliphatic heterocycles. The van der Waals surface area contributed by atoms with Crippen molar-refractivity contribution in [2.24, 2.45) is 0 Å². The van der Waals surface area contributed by atoms with Crippen molar-refractivity contribution in [3.05, 3.63) is 80.9 Å². The van der Waals surface area contributed by atoms with Crippen molar-refractivity contribution >= 4 is 40.7 Å². The highest BCUT2D eigenvalue weighted by molar-refractivity contribution is 7.99. The van der Waals surface area contributed by atoms with Crippen LogP contribution in [0.1, 0.15) is 33.6 Å². The predicted molar refractivity (Wildman–Crippen MR) is 130 cm³/mol. The molecule has 0 saturated carbocycles. The number of thioether (sulfide) groups is 1. The molecule has 170 valence electrons. The third kappa shape index (κ3) is 5.17. The number of fused-ring (bicyclic) bond motifs is 1. The van der Waals surface area contributed by atoms with Crippen LogP contribution in [0.5, 0.6) is 0 Å². The minimum absolute atomic E-state index is 0.0453. The van der Waals surface area contributed by atoms with E-state index < -0.39 is 5.82 Å². The van der Waals surface area contributed by atoms with Gasteiger partial charge in [0.15, 0.2) is 0 Å². The lowest BCUT2D eigenvalue weighted by atomic mass is 9.97. The summed E-state index contributed by atoms with van der Waals surface area (Å²) in [6.45, 7) is 8.19. The molecular formula is C24H23ClFN5OS. The van der Waals surface area contributed by atoms with E-state index in [0.29, 0.717) is 16.6 Å². The van der Waals surface area contributed by atoms with Crippen molar-refractivity contribution in [3.63, 3.8) is 0 Å². The summed E-state index contributed by atoms with van der Waals surface area (Å²) in [7, 11) is 0. The minimum Gasteiger partial charge on any atom is -0.325 e. The lowest BCUT2D eigenvalue weighted by molar-refractivity contribution is -0.113. The first-order valence-electron chi connectivity index (χ1n) is 10.4. The molecule has 0 aliphatic rings. The molecule has 0 atom stereocenters. The molecule has 4 aromatic rings. The second kappa shape index (κ2) is 9.49. The van der Waals surface area contributed by atoms with Crippen LogP contribution in [0.15, 0.2) is 41.6 Å². The Kier molecular flexibility index (Phi) is 6.67. The van der Waals surface area contributed by atoms with E-state index >= 15 is 0 Å². The van der Waals surface area contributed by atoms with Crippen molar-refractivity contribution in [2.45, 2.75) is 39.3 Å². The van der Waals surface area contributed by atoms with E-state index in [0.717, 1.165) is 23.4 Å². The fourth-order valence-electron chi connectivity index (χ4n) is 3.59. The Bertz CT molecular complexity index is 1370. The highest BCUT2D eigenvalue weighted by atomic mass is 35.5. The molecule has 33 heavy (non-hydrogen) atoms. The molecule has 1 amide bonds. The Balaban J connectivity index is 1.50. The average molecular weight is 484 g/mol. The molecule has 0 unspecified atom stereocenters. The second-order valence-electron chi connectivity index (χ2n) is 7.94. The van der Waals surface area contributed by atoms with Crippen LogP contribution in [0.25, 0.3) is 5.78 Å². The Morgan fingerprint density at radius 2 is 1.91 bits per heavy atom. The molecule has 0 aliphatic carbocycles. The van der Waals surface area contributed by atoms with Gasteiger partial charge in [-0.25, -0.2) is 13.9 Å². The smallest absolute Gasteiger partial charge is 0.253 e. The third-order valence-corrected chi connectivity index (χ3v) is 6.56. The first-order valence-corrected chi connectivity index (χ1v) is 11.7. The fourth-order valence-corrected chi connectivity index (χ4v) is 4.39. The van der Waals surface area contributed by atoms with Crippen molar-refractivity contribution in [2.75, 3.05) is 11.1 Å². The maximum Gasteiger partial charge on any atom is 0.253 e. The highest BCUT2D eigenvalue weighted by Gasteiger charge is 2.16. The van der Waals surface area contributed by atoms with Crippen LogP contribution in [0.4, 0.5) is 10.1 Å². The van der Waals surface area contributed by atoms with Gasteiger partial charge in [0.2, 0.25) is 11.1 Å². The van der Waals surface area contributed by atoms with Gasteiger partial charge >= 0.3 is 0 Å². The Labute approximate surface area is 200 Å². The number of nitrogens with one attached hydrogen (secondary N) is 1. The summed E-state index contributed by atoms with van der Waals surface area (Å²) < 4.78 is 15.0. The molecular weight excluding hydrogens is 461 g/mol. The Hall–Kier alpha value is -2.97. The number of nitrogens with zero attached hydrogens (tertiary/aromatic N) is 4. The predicted octanol–water partition coefficient (Wildman–Crippen LogP) is 5.47. The summed E-state index contributed by atoms with van der Waals surface area (Å²) in [5, 5.41) is 7.66. The van der Waals surface area contributed by atoms with Crippen molar-refractivity contribution in [1.29, 1.82) is 0 Å². The van der Waals surface area contributed by atoms with Crippen LogP contribution in [0.2, 0.25) is 5.02 Å². The topological polar surface area (TPSA) is 72.2 Å². The van der Waals surface area contributed by atoms with Crippen LogP contribution in [-0.2, 0) is 11.2 Å². The zero-order valence-electron chi connectivity index (χ0n) is 18.7. The number of benzene rings is 2. The number of rotatable bonds is 6. The summed E-state index contributed by atoms with van der Waals surface area (Å²) in [6, 6.07) is 10.5. The number of carbonyl (C=O) groups is 1.